The molecule has 0 radical (unpaired) electrons. The molecule has 0 aliphatic carbocycles. The van der Waals surface area contributed by atoms with E-state index >= 15 is 0 Å². The summed E-state index contributed by atoms with van der Waals surface area (Å²) in [6, 6.07) is 1.60. The summed E-state index contributed by atoms with van der Waals surface area (Å²) in [5.74, 6) is -2.63. The van der Waals surface area contributed by atoms with Gasteiger partial charge in [-0.05, 0) is 6.07 Å². The highest BCUT2D eigenvalue weighted by molar-refractivity contribution is 6.01. The molecule has 1 fully saturated rings. The lowest BCUT2D eigenvalue weighted by Gasteiger charge is -2.38. The fourth-order valence-electron chi connectivity index (χ4n) is 1.79. The van der Waals surface area contributed by atoms with Crippen molar-refractivity contribution >= 4 is 5.78 Å². The Morgan fingerprint density at radius 2 is 2.11 bits per heavy atom. The van der Waals surface area contributed by atoms with Crippen LogP contribution in [0.25, 0.3) is 0 Å². The molecule has 0 amide bonds. The SMILES string of the molecule is COc1cc(F)c(C(=O)C2(CO)COC2)cc1F. The van der Waals surface area contributed by atoms with Crippen molar-refractivity contribution in [2.45, 2.75) is 0 Å². The molecule has 0 spiro atoms. The minimum absolute atomic E-state index is 0.00935. The Morgan fingerprint density at radius 3 is 2.56 bits per heavy atom. The molecular weight excluding hydrogens is 246 g/mol. The zero-order valence-corrected chi connectivity index (χ0v) is 9.70. The van der Waals surface area contributed by atoms with E-state index in [1.165, 1.54) is 7.11 Å². The molecule has 2 rings (SSSR count). The maximum absolute atomic E-state index is 13.7. The third kappa shape index (κ3) is 1.87. The van der Waals surface area contributed by atoms with E-state index < -0.39 is 35.0 Å². The molecule has 6 heteroatoms. The first-order valence-electron chi connectivity index (χ1n) is 5.30. The van der Waals surface area contributed by atoms with Crippen molar-refractivity contribution in [2.24, 2.45) is 5.41 Å². The molecule has 1 aliphatic rings. The van der Waals surface area contributed by atoms with Crippen LogP contribution in [0.4, 0.5) is 8.78 Å². The van der Waals surface area contributed by atoms with E-state index in [1.54, 1.807) is 0 Å². The Bertz CT molecular complexity index is 478. The summed E-state index contributed by atoms with van der Waals surface area (Å²) in [5, 5.41) is 9.19. The number of hydrogen-bond acceptors (Lipinski definition) is 4. The van der Waals surface area contributed by atoms with Crippen LogP contribution >= 0.6 is 0 Å². The van der Waals surface area contributed by atoms with E-state index in [9.17, 15) is 18.7 Å². The molecule has 98 valence electrons. The number of carbonyl (C=O) groups excluding carboxylic acids is 1. The zero-order valence-electron chi connectivity index (χ0n) is 9.70. The van der Waals surface area contributed by atoms with Gasteiger partial charge in [0.15, 0.2) is 17.3 Å². The predicted octanol–water partition coefficient (Wildman–Crippen LogP) is 1.17. The summed E-state index contributed by atoms with van der Waals surface area (Å²) in [5.41, 5.74) is -1.55. The summed E-state index contributed by atoms with van der Waals surface area (Å²) in [4.78, 5) is 12.1. The molecule has 0 atom stereocenters. The van der Waals surface area contributed by atoms with Crippen LogP contribution < -0.4 is 4.74 Å². The molecule has 0 unspecified atom stereocenters. The number of carbonyl (C=O) groups is 1. The maximum atomic E-state index is 13.7. The second-order valence-electron chi connectivity index (χ2n) is 4.23. The van der Waals surface area contributed by atoms with Crippen LogP contribution in [0.15, 0.2) is 12.1 Å². The lowest BCUT2D eigenvalue weighted by Crippen LogP contribution is -2.52. The molecular formula is C12H12F2O4. The van der Waals surface area contributed by atoms with Crippen molar-refractivity contribution in [1.82, 2.24) is 0 Å². The second kappa shape index (κ2) is 4.62. The highest BCUT2D eigenvalue weighted by Crippen LogP contribution is 2.33. The number of aliphatic hydroxyl groups is 1. The van der Waals surface area contributed by atoms with Gasteiger partial charge in [0.2, 0.25) is 0 Å². The maximum Gasteiger partial charge on any atom is 0.179 e. The summed E-state index contributed by atoms with van der Waals surface area (Å²) in [7, 11) is 1.20. The van der Waals surface area contributed by atoms with Crippen molar-refractivity contribution < 1.29 is 28.2 Å². The van der Waals surface area contributed by atoms with Gasteiger partial charge >= 0.3 is 0 Å². The molecule has 4 nitrogen and oxygen atoms in total. The second-order valence-corrected chi connectivity index (χ2v) is 4.23. The quantitative estimate of drug-likeness (QED) is 0.823. The zero-order chi connectivity index (χ0) is 13.3. The van der Waals surface area contributed by atoms with Gasteiger partial charge in [-0.25, -0.2) is 8.78 Å². The molecule has 1 saturated heterocycles. The number of ether oxygens (including phenoxy) is 2. The Balaban J connectivity index is 2.39. The molecule has 18 heavy (non-hydrogen) atoms. The summed E-state index contributed by atoms with van der Waals surface area (Å²) >= 11 is 0. The van der Waals surface area contributed by atoms with Crippen LogP contribution in [-0.2, 0) is 4.74 Å². The molecule has 1 aliphatic heterocycles. The van der Waals surface area contributed by atoms with E-state index in [0.29, 0.717) is 0 Å². The van der Waals surface area contributed by atoms with Crippen molar-refractivity contribution in [2.75, 3.05) is 26.9 Å². The fraction of sp³-hybridized carbons (Fsp3) is 0.417. The molecule has 1 heterocycles. The molecule has 1 aromatic carbocycles. The van der Waals surface area contributed by atoms with Crippen LogP contribution in [0, 0.1) is 17.0 Å². The molecule has 0 saturated carbocycles. The Labute approximate surface area is 102 Å². The van der Waals surface area contributed by atoms with Crippen molar-refractivity contribution in [3.63, 3.8) is 0 Å². The molecule has 1 aromatic rings. The first-order valence-corrected chi connectivity index (χ1v) is 5.30. The van der Waals surface area contributed by atoms with E-state index in [2.05, 4.69) is 4.74 Å². The number of aliphatic hydroxyl groups excluding tert-OH is 1. The number of benzene rings is 1. The highest BCUT2D eigenvalue weighted by Gasteiger charge is 2.46. The van der Waals surface area contributed by atoms with Gasteiger partial charge in [0, 0.05) is 6.07 Å². The molecule has 0 bridgehead atoms. The van der Waals surface area contributed by atoms with E-state index in [-0.39, 0.29) is 19.0 Å². The number of Topliss-reactive ketones (excluding diaryl/α,β-unsaturated/α-hetero) is 1. The summed E-state index contributed by atoms with van der Waals surface area (Å²) in [6.45, 7) is -0.441. The van der Waals surface area contributed by atoms with Gasteiger partial charge in [-0.2, -0.15) is 0 Å². The van der Waals surface area contributed by atoms with E-state index in [0.717, 1.165) is 12.1 Å². The lowest BCUT2D eigenvalue weighted by molar-refractivity contribution is -0.109. The Morgan fingerprint density at radius 1 is 1.44 bits per heavy atom. The van der Waals surface area contributed by atoms with Crippen LogP contribution in [0.3, 0.4) is 0 Å². The largest absolute Gasteiger partial charge is 0.494 e. The smallest absolute Gasteiger partial charge is 0.179 e. The highest BCUT2D eigenvalue weighted by atomic mass is 19.1. The minimum Gasteiger partial charge on any atom is -0.494 e. The summed E-state index contributed by atoms with van der Waals surface area (Å²) < 4.78 is 36.6. The number of methoxy groups -OCH3 is 1. The third-order valence-electron chi connectivity index (χ3n) is 3.03. The topological polar surface area (TPSA) is 55.8 Å². The minimum atomic E-state index is -1.15. The van der Waals surface area contributed by atoms with Gasteiger partial charge < -0.3 is 14.6 Å². The third-order valence-corrected chi connectivity index (χ3v) is 3.03. The van der Waals surface area contributed by atoms with Crippen molar-refractivity contribution in [3.8, 4) is 5.75 Å². The van der Waals surface area contributed by atoms with Gasteiger partial charge in [0.05, 0.1) is 32.5 Å². The van der Waals surface area contributed by atoms with Gasteiger partial charge in [0.25, 0.3) is 0 Å². The van der Waals surface area contributed by atoms with Crippen LogP contribution in [0.2, 0.25) is 0 Å². The Kier molecular flexibility index (Phi) is 3.32. The van der Waals surface area contributed by atoms with Gasteiger partial charge in [-0.3, -0.25) is 4.79 Å². The first kappa shape index (κ1) is 12.9. The standard InChI is InChI=1S/C12H12F2O4/c1-17-10-3-8(13)7(2-9(10)14)11(16)12(4-15)5-18-6-12/h2-3,15H,4-6H2,1H3. The number of hydrogen-bond donors (Lipinski definition) is 1. The predicted molar refractivity (Wildman–Crippen MR) is 57.6 cm³/mol. The number of halogens is 2. The normalized spacial score (nSPS) is 17.1. The number of ketones is 1. The van der Waals surface area contributed by atoms with Gasteiger partial charge in [-0.15, -0.1) is 0 Å². The van der Waals surface area contributed by atoms with Crippen LogP contribution in [0.1, 0.15) is 10.4 Å². The van der Waals surface area contributed by atoms with E-state index in [1.807, 2.05) is 0 Å². The monoisotopic (exact) mass is 258 g/mol. The average Bonchev–Trinajstić information content (AvgIpc) is 2.30. The fourth-order valence-corrected chi connectivity index (χ4v) is 1.79. The summed E-state index contributed by atoms with van der Waals surface area (Å²) in [6.07, 6.45) is 0. The van der Waals surface area contributed by atoms with Crippen LogP contribution in [0.5, 0.6) is 5.75 Å². The molecule has 1 N–H and O–H groups in total. The van der Waals surface area contributed by atoms with Crippen molar-refractivity contribution in [3.05, 3.63) is 29.3 Å². The van der Waals surface area contributed by atoms with Gasteiger partial charge in [-0.1, -0.05) is 0 Å². The van der Waals surface area contributed by atoms with Crippen LogP contribution in [-0.4, -0.2) is 37.8 Å². The number of rotatable bonds is 4. The van der Waals surface area contributed by atoms with Crippen molar-refractivity contribution in [1.29, 1.82) is 0 Å². The van der Waals surface area contributed by atoms with Gasteiger partial charge in [0.1, 0.15) is 11.2 Å². The lowest BCUT2D eigenvalue weighted by atomic mass is 9.79. The average molecular weight is 258 g/mol. The Hall–Kier alpha value is -1.53. The molecule has 0 aromatic heterocycles. The van der Waals surface area contributed by atoms with E-state index in [4.69, 9.17) is 4.74 Å². The first-order chi connectivity index (χ1) is 8.54.